The van der Waals surface area contributed by atoms with Crippen LogP contribution < -0.4 is 5.32 Å². The van der Waals surface area contributed by atoms with Crippen molar-refractivity contribution in [3.05, 3.63) is 35.1 Å². The van der Waals surface area contributed by atoms with Gasteiger partial charge in [-0.05, 0) is 61.9 Å². The Bertz CT molecular complexity index is 770. The van der Waals surface area contributed by atoms with Crippen LogP contribution in [0.1, 0.15) is 69.1 Å². The topological polar surface area (TPSA) is 45.5 Å². The van der Waals surface area contributed by atoms with Crippen LogP contribution in [0.3, 0.4) is 0 Å². The molecule has 3 rings (SSSR count). The van der Waals surface area contributed by atoms with Crippen molar-refractivity contribution in [3.8, 4) is 0 Å². The van der Waals surface area contributed by atoms with Crippen LogP contribution in [0.15, 0.2) is 22.8 Å². The van der Waals surface area contributed by atoms with Gasteiger partial charge in [-0.1, -0.05) is 27.2 Å². The van der Waals surface area contributed by atoms with Crippen molar-refractivity contribution in [3.63, 3.8) is 0 Å². The second-order valence-corrected chi connectivity index (χ2v) is 8.33. The summed E-state index contributed by atoms with van der Waals surface area (Å²) in [5.74, 6) is 0.570. The molecule has 0 bridgehead atoms. The van der Waals surface area contributed by atoms with E-state index in [4.69, 9.17) is 4.42 Å². The number of hydrogen-bond acceptors (Lipinski definition) is 3. The molecule has 0 saturated carbocycles. The summed E-state index contributed by atoms with van der Waals surface area (Å²) in [7, 11) is 0. The number of aryl methyl sites for hydroxylation is 1. The smallest absolute Gasteiger partial charge is 0.224 e. The van der Waals surface area contributed by atoms with E-state index in [9.17, 15) is 4.79 Å². The first-order chi connectivity index (χ1) is 13.0. The number of unbranched alkanes of at least 4 members (excludes halogenated alkanes) is 1. The van der Waals surface area contributed by atoms with Gasteiger partial charge in [-0.15, -0.1) is 0 Å². The van der Waals surface area contributed by atoms with Crippen molar-refractivity contribution in [2.75, 3.05) is 19.6 Å². The number of piperidine rings is 1. The molecule has 4 nitrogen and oxygen atoms in total. The number of hydrogen-bond donors (Lipinski definition) is 1. The number of rotatable bonds is 7. The number of nitrogens with zero attached hydrogens (tertiary/aromatic N) is 1. The molecule has 1 fully saturated rings. The predicted octanol–water partition coefficient (Wildman–Crippen LogP) is 4.79. The van der Waals surface area contributed by atoms with Gasteiger partial charge in [0.2, 0.25) is 5.91 Å². The van der Waals surface area contributed by atoms with E-state index >= 15 is 0 Å². The Morgan fingerprint density at radius 1 is 1.30 bits per heavy atom. The fourth-order valence-electron chi connectivity index (χ4n) is 4.14. The number of carbonyl (C=O) groups is 1. The zero-order valence-corrected chi connectivity index (χ0v) is 17.3. The molecule has 2 aromatic rings. The monoisotopic (exact) mass is 370 g/mol. The highest BCUT2D eigenvalue weighted by atomic mass is 16.3. The summed E-state index contributed by atoms with van der Waals surface area (Å²) in [6.07, 6.45) is 6.76. The van der Waals surface area contributed by atoms with Crippen molar-refractivity contribution in [1.29, 1.82) is 0 Å². The quantitative estimate of drug-likeness (QED) is 0.762. The van der Waals surface area contributed by atoms with Crippen molar-refractivity contribution in [2.45, 2.75) is 71.8 Å². The summed E-state index contributed by atoms with van der Waals surface area (Å²) < 4.78 is 5.72. The molecule has 0 spiro atoms. The summed E-state index contributed by atoms with van der Waals surface area (Å²) in [5.41, 5.74) is 4.44. The van der Waals surface area contributed by atoms with Gasteiger partial charge >= 0.3 is 0 Å². The van der Waals surface area contributed by atoms with Crippen LogP contribution in [0.25, 0.3) is 11.0 Å². The molecular formula is C23H34N2O2. The molecule has 0 atom stereocenters. The maximum Gasteiger partial charge on any atom is 0.224 e. The van der Waals surface area contributed by atoms with Gasteiger partial charge in [0, 0.05) is 30.1 Å². The third kappa shape index (κ3) is 4.92. The third-order valence-corrected chi connectivity index (χ3v) is 5.80. The predicted molar refractivity (Wildman–Crippen MR) is 111 cm³/mol. The van der Waals surface area contributed by atoms with E-state index in [2.05, 4.69) is 50.0 Å². The highest BCUT2D eigenvalue weighted by molar-refractivity contribution is 5.88. The zero-order chi connectivity index (χ0) is 19.4. The van der Waals surface area contributed by atoms with Crippen molar-refractivity contribution in [1.82, 2.24) is 10.2 Å². The molecule has 1 aliphatic rings. The average molecular weight is 371 g/mol. The number of likely N-dealkylation sites (tertiary alicyclic amines) is 1. The van der Waals surface area contributed by atoms with Gasteiger partial charge in [0.1, 0.15) is 5.58 Å². The summed E-state index contributed by atoms with van der Waals surface area (Å²) in [4.78, 5) is 15.1. The molecule has 4 heteroatoms. The van der Waals surface area contributed by atoms with Gasteiger partial charge in [0.25, 0.3) is 0 Å². The van der Waals surface area contributed by atoms with Crippen LogP contribution >= 0.6 is 0 Å². The van der Waals surface area contributed by atoms with E-state index in [-0.39, 0.29) is 5.91 Å². The molecule has 1 aliphatic heterocycles. The largest absolute Gasteiger partial charge is 0.464 e. The van der Waals surface area contributed by atoms with Crippen LogP contribution in [0.4, 0.5) is 0 Å². The Morgan fingerprint density at radius 2 is 2.04 bits per heavy atom. The van der Waals surface area contributed by atoms with Crippen LogP contribution in [0.5, 0.6) is 0 Å². The van der Waals surface area contributed by atoms with Gasteiger partial charge in [0.05, 0.1) is 12.7 Å². The van der Waals surface area contributed by atoms with Crippen LogP contribution in [-0.2, 0) is 11.2 Å². The van der Waals surface area contributed by atoms with Crippen LogP contribution in [0, 0.1) is 6.92 Å². The van der Waals surface area contributed by atoms with Crippen molar-refractivity contribution >= 4 is 16.9 Å². The van der Waals surface area contributed by atoms with Gasteiger partial charge in [-0.25, -0.2) is 0 Å². The molecule has 0 aliphatic carbocycles. The van der Waals surface area contributed by atoms with Gasteiger partial charge in [-0.3, -0.25) is 4.79 Å². The number of carbonyl (C=O) groups excluding carboxylic acids is 1. The van der Waals surface area contributed by atoms with Crippen molar-refractivity contribution in [2.24, 2.45) is 0 Å². The molecule has 2 heterocycles. The molecule has 0 unspecified atom stereocenters. The van der Waals surface area contributed by atoms with Crippen LogP contribution in [0.2, 0.25) is 0 Å². The third-order valence-electron chi connectivity index (χ3n) is 5.80. The van der Waals surface area contributed by atoms with Gasteiger partial charge < -0.3 is 14.6 Å². The molecule has 1 aromatic heterocycles. The summed E-state index contributed by atoms with van der Waals surface area (Å²) in [6.45, 7) is 12.1. The van der Waals surface area contributed by atoms with E-state index in [1.807, 2.05) is 0 Å². The lowest BCUT2D eigenvalue weighted by molar-refractivity contribution is -0.121. The summed E-state index contributed by atoms with van der Waals surface area (Å²) in [5, 5.41) is 4.32. The lowest BCUT2D eigenvalue weighted by Crippen LogP contribution is -2.45. The maximum atomic E-state index is 12.6. The lowest BCUT2D eigenvalue weighted by atomic mass is 9.95. The summed E-state index contributed by atoms with van der Waals surface area (Å²) >= 11 is 0. The molecular weight excluding hydrogens is 336 g/mol. The molecule has 1 saturated heterocycles. The minimum atomic E-state index is 0.108. The van der Waals surface area contributed by atoms with E-state index in [1.165, 1.54) is 30.5 Å². The van der Waals surface area contributed by atoms with Gasteiger partial charge in [0.15, 0.2) is 0 Å². The minimum Gasteiger partial charge on any atom is -0.464 e. The number of fused-ring (bicyclic) bond motifs is 1. The first kappa shape index (κ1) is 19.9. The lowest BCUT2D eigenvalue weighted by Gasteiger charge is -2.32. The first-order valence-electron chi connectivity index (χ1n) is 10.5. The Balaban J connectivity index is 1.59. The minimum absolute atomic E-state index is 0.108. The Hall–Kier alpha value is -1.81. The molecule has 0 radical (unpaired) electrons. The molecule has 1 amide bonds. The fraction of sp³-hybridized carbons (Fsp3) is 0.609. The van der Waals surface area contributed by atoms with Crippen molar-refractivity contribution < 1.29 is 9.21 Å². The highest BCUT2D eigenvalue weighted by Gasteiger charge is 2.21. The SMILES string of the molecule is CCCCN1CCC(NC(=O)Cc2coc3cc(C)c(C(C)C)cc23)CC1. The molecule has 148 valence electrons. The van der Waals surface area contributed by atoms with E-state index < -0.39 is 0 Å². The number of amides is 1. The van der Waals surface area contributed by atoms with Gasteiger partial charge in [-0.2, -0.15) is 0 Å². The molecule has 1 aromatic carbocycles. The second-order valence-electron chi connectivity index (χ2n) is 8.33. The fourth-order valence-corrected chi connectivity index (χ4v) is 4.14. The maximum absolute atomic E-state index is 12.6. The normalized spacial score (nSPS) is 16.3. The average Bonchev–Trinajstić information content (AvgIpc) is 3.01. The van der Waals surface area contributed by atoms with E-state index in [0.29, 0.717) is 18.4 Å². The zero-order valence-electron chi connectivity index (χ0n) is 17.3. The number of benzene rings is 1. The second kappa shape index (κ2) is 8.92. The molecule has 27 heavy (non-hydrogen) atoms. The first-order valence-corrected chi connectivity index (χ1v) is 10.5. The number of furan rings is 1. The van der Waals surface area contributed by atoms with E-state index in [0.717, 1.165) is 42.5 Å². The Labute approximate surface area is 163 Å². The van der Waals surface area contributed by atoms with Crippen LogP contribution in [-0.4, -0.2) is 36.5 Å². The standard InChI is InChI=1S/C23H34N2O2/c1-5-6-9-25-10-7-19(8-11-25)24-23(26)13-18-15-27-22-12-17(4)20(16(2)3)14-21(18)22/h12,14-16,19H,5-11,13H2,1-4H3,(H,24,26). The summed E-state index contributed by atoms with van der Waals surface area (Å²) in [6, 6.07) is 4.60. The Kier molecular flexibility index (Phi) is 6.59. The Morgan fingerprint density at radius 3 is 2.70 bits per heavy atom. The number of nitrogens with one attached hydrogen (secondary N) is 1. The highest BCUT2D eigenvalue weighted by Crippen LogP contribution is 2.29. The van der Waals surface area contributed by atoms with E-state index in [1.54, 1.807) is 6.26 Å². The molecule has 1 N–H and O–H groups in total.